The molecule has 3 aromatic rings. The van der Waals surface area contributed by atoms with Crippen LogP contribution in [0.25, 0.3) is 10.8 Å². The van der Waals surface area contributed by atoms with Crippen LogP contribution in [0.2, 0.25) is 0 Å². The lowest BCUT2D eigenvalue weighted by Crippen LogP contribution is -2.46. The van der Waals surface area contributed by atoms with Crippen molar-refractivity contribution in [2.45, 2.75) is 57.8 Å². The van der Waals surface area contributed by atoms with Gasteiger partial charge < -0.3 is 20.2 Å². The number of halogens is 1. The van der Waals surface area contributed by atoms with Crippen molar-refractivity contribution in [3.63, 3.8) is 0 Å². The molecule has 0 aliphatic carbocycles. The Morgan fingerprint density at radius 1 is 1.09 bits per heavy atom. The van der Waals surface area contributed by atoms with Gasteiger partial charge in [-0.1, -0.05) is 13.8 Å². The number of aliphatic hydroxyl groups is 1. The van der Waals surface area contributed by atoms with Gasteiger partial charge in [0.1, 0.15) is 23.6 Å². The van der Waals surface area contributed by atoms with Crippen LogP contribution in [0.1, 0.15) is 45.1 Å². The highest BCUT2D eigenvalue weighted by atomic mass is 19.1. The number of alkyl halides is 1. The number of piperidine rings is 1. The van der Waals surface area contributed by atoms with Crippen molar-refractivity contribution < 1.29 is 9.50 Å². The molecule has 3 atom stereocenters. The van der Waals surface area contributed by atoms with E-state index in [0.717, 1.165) is 23.1 Å². The lowest BCUT2D eigenvalue weighted by atomic mass is 9.97. The molecule has 8 nitrogen and oxygen atoms in total. The molecule has 5 rings (SSSR count). The molecule has 33 heavy (non-hydrogen) atoms. The van der Waals surface area contributed by atoms with E-state index in [2.05, 4.69) is 52.0 Å². The zero-order valence-electron chi connectivity index (χ0n) is 19.2. The van der Waals surface area contributed by atoms with Gasteiger partial charge >= 0.3 is 0 Å². The minimum absolute atomic E-state index is 0.0846. The number of fused-ring (bicyclic) bond motifs is 1. The standard InChI is InChI=1S/C24H30FN7O/c1-14(2)17-11-28-23(32-9-5-15(32)3)18-12-27-22(10-16(17)18)29-21-4-7-26-24(30-21)31-8-6-20(33)19(25)13-31/h4,7,10-12,14-15,19-20,33H,5-6,8-9,13H2,1-3H3,(H,26,27,29,30)/t15-,19-,20+/m1/s1. The van der Waals surface area contributed by atoms with Crippen LogP contribution in [-0.4, -0.2) is 63.0 Å². The van der Waals surface area contributed by atoms with Crippen LogP contribution in [0.15, 0.2) is 30.7 Å². The Morgan fingerprint density at radius 2 is 1.94 bits per heavy atom. The zero-order valence-corrected chi connectivity index (χ0v) is 19.2. The average Bonchev–Trinajstić information content (AvgIpc) is 2.80. The topological polar surface area (TPSA) is 90.3 Å². The van der Waals surface area contributed by atoms with Crippen LogP contribution >= 0.6 is 0 Å². The molecule has 0 spiro atoms. The zero-order chi connectivity index (χ0) is 23.1. The Balaban J connectivity index is 1.44. The molecule has 2 saturated heterocycles. The van der Waals surface area contributed by atoms with E-state index in [0.29, 0.717) is 42.5 Å². The fourth-order valence-corrected chi connectivity index (χ4v) is 4.51. The molecule has 3 aromatic heterocycles. The third kappa shape index (κ3) is 4.17. The van der Waals surface area contributed by atoms with Gasteiger partial charge in [0.2, 0.25) is 5.95 Å². The maximum Gasteiger partial charge on any atom is 0.227 e. The van der Waals surface area contributed by atoms with Crippen molar-refractivity contribution in [1.29, 1.82) is 0 Å². The van der Waals surface area contributed by atoms with Crippen LogP contribution in [0, 0.1) is 0 Å². The smallest absolute Gasteiger partial charge is 0.227 e. The Hall–Kier alpha value is -3.07. The molecular weight excluding hydrogens is 421 g/mol. The number of aromatic nitrogens is 4. The molecule has 0 unspecified atom stereocenters. The highest BCUT2D eigenvalue weighted by Crippen LogP contribution is 2.35. The van der Waals surface area contributed by atoms with E-state index in [1.54, 1.807) is 17.2 Å². The largest absolute Gasteiger partial charge is 0.390 e. The summed E-state index contributed by atoms with van der Waals surface area (Å²) in [5.41, 5.74) is 1.18. The van der Waals surface area contributed by atoms with E-state index in [1.165, 1.54) is 12.0 Å². The number of hydrogen-bond donors (Lipinski definition) is 2. The second-order valence-corrected chi connectivity index (χ2v) is 9.32. The summed E-state index contributed by atoms with van der Waals surface area (Å²) in [5.74, 6) is 3.03. The van der Waals surface area contributed by atoms with E-state index in [1.807, 2.05) is 12.4 Å². The molecule has 0 amide bonds. The Morgan fingerprint density at radius 3 is 2.64 bits per heavy atom. The fraction of sp³-hybridized carbons (Fsp3) is 0.500. The van der Waals surface area contributed by atoms with Gasteiger partial charge in [0.15, 0.2) is 0 Å². The SMILES string of the molecule is CC(C)c1cnc(N2CC[C@H]2C)c2cnc(Nc3ccnc(N4CC[C@H](O)[C@H](F)C4)n3)cc12. The van der Waals surface area contributed by atoms with E-state index in [-0.39, 0.29) is 6.54 Å². The van der Waals surface area contributed by atoms with Gasteiger partial charge in [-0.3, -0.25) is 0 Å². The molecule has 0 radical (unpaired) electrons. The van der Waals surface area contributed by atoms with E-state index < -0.39 is 12.3 Å². The normalized spacial score (nSPS) is 23.2. The van der Waals surface area contributed by atoms with Gasteiger partial charge in [-0.15, -0.1) is 0 Å². The highest BCUT2D eigenvalue weighted by Gasteiger charge is 2.29. The van der Waals surface area contributed by atoms with Gasteiger partial charge in [-0.25, -0.2) is 19.3 Å². The Kier molecular flexibility index (Phi) is 5.74. The first kappa shape index (κ1) is 21.8. The monoisotopic (exact) mass is 451 g/mol. The first-order valence-electron chi connectivity index (χ1n) is 11.6. The van der Waals surface area contributed by atoms with Crippen LogP contribution < -0.4 is 15.1 Å². The van der Waals surface area contributed by atoms with E-state index >= 15 is 0 Å². The highest BCUT2D eigenvalue weighted by molar-refractivity contribution is 5.96. The summed E-state index contributed by atoms with van der Waals surface area (Å²) in [6.45, 7) is 8.17. The van der Waals surface area contributed by atoms with Crippen molar-refractivity contribution in [1.82, 2.24) is 19.9 Å². The first-order valence-corrected chi connectivity index (χ1v) is 11.6. The number of aliphatic hydroxyl groups excluding tert-OH is 1. The summed E-state index contributed by atoms with van der Waals surface area (Å²) < 4.78 is 14.0. The third-order valence-corrected chi connectivity index (χ3v) is 6.68. The maximum absolute atomic E-state index is 14.0. The molecular formula is C24H30FN7O. The minimum Gasteiger partial charge on any atom is -0.390 e. The molecule has 0 aromatic carbocycles. The maximum atomic E-state index is 14.0. The summed E-state index contributed by atoms with van der Waals surface area (Å²) in [6, 6.07) is 4.31. The van der Waals surface area contributed by atoms with Gasteiger partial charge in [-0.05, 0) is 48.8 Å². The van der Waals surface area contributed by atoms with Crippen molar-refractivity contribution in [2.75, 3.05) is 34.8 Å². The lowest BCUT2D eigenvalue weighted by molar-refractivity contribution is 0.0612. The molecule has 0 saturated carbocycles. The fourth-order valence-electron chi connectivity index (χ4n) is 4.51. The molecule has 2 aliphatic rings. The quantitative estimate of drug-likeness (QED) is 0.606. The number of nitrogens with zero attached hydrogens (tertiary/aromatic N) is 6. The number of nitrogens with one attached hydrogen (secondary N) is 1. The molecule has 174 valence electrons. The number of pyridine rings is 2. The van der Waals surface area contributed by atoms with Crippen LogP contribution in [-0.2, 0) is 0 Å². The van der Waals surface area contributed by atoms with Crippen molar-refractivity contribution >= 4 is 34.2 Å². The predicted molar refractivity (Wildman–Crippen MR) is 128 cm³/mol. The average molecular weight is 452 g/mol. The van der Waals surface area contributed by atoms with Crippen molar-refractivity contribution in [3.8, 4) is 0 Å². The third-order valence-electron chi connectivity index (χ3n) is 6.68. The summed E-state index contributed by atoms with van der Waals surface area (Å²) in [6.07, 6.45) is 4.84. The molecule has 0 bridgehead atoms. The predicted octanol–water partition coefficient (Wildman–Crippen LogP) is 3.79. The van der Waals surface area contributed by atoms with Crippen molar-refractivity contribution in [3.05, 3.63) is 36.3 Å². The molecule has 9 heteroatoms. The Bertz CT molecular complexity index is 1160. The van der Waals surface area contributed by atoms with Crippen LogP contribution in [0.3, 0.4) is 0 Å². The molecule has 5 heterocycles. The summed E-state index contributed by atoms with van der Waals surface area (Å²) in [7, 11) is 0. The number of hydrogen-bond acceptors (Lipinski definition) is 8. The second kappa shape index (κ2) is 8.70. The van der Waals surface area contributed by atoms with E-state index in [4.69, 9.17) is 4.98 Å². The van der Waals surface area contributed by atoms with E-state index in [9.17, 15) is 9.50 Å². The molecule has 2 fully saturated rings. The van der Waals surface area contributed by atoms with Crippen LogP contribution in [0.4, 0.5) is 27.8 Å². The van der Waals surface area contributed by atoms with Gasteiger partial charge in [0.25, 0.3) is 0 Å². The summed E-state index contributed by atoms with van der Waals surface area (Å²) in [5, 5.41) is 15.1. The lowest BCUT2D eigenvalue weighted by Gasteiger charge is -2.40. The minimum atomic E-state index is -1.30. The number of rotatable bonds is 5. The molecule has 2 N–H and O–H groups in total. The Labute approximate surface area is 192 Å². The summed E-state index contributed by atoms with van der Waals surface area (Å²) >= 11 is 0. The second-order valence-electron chi connectivity index (χ2n) is 9.32. The summed E-state index contributed by atoms with van der Waals surface area (Å²) in [4.78, 5) is 22.4. The first-order chi connectivity index (χ1) is 15.9. The van der Waals surface area contributed by atoms with Gasteiger partial charge in [-0.2, -0.15) is 4.98 Å². The van der Waals surface area contributed by atoms with Crippen LogP contribution in [0.5, 0.6) is 0 Å². The van der Waals surface area contributed by atoms with Gasteiger partial charge in [0.05, 0.1) is 12.6 Å². The number of anilines is 4. The molecule has 2 aliphatic heterocycles. The van der Waals surface area contributed by atoms with Crippen molar-refractivity contribution in [2.24, 2.45) is 0 Å². The van der Waals surface area contributed by atoms with Gasteiger partial charge in [0, 0.05) is 43.1 Å².